The molecule has 0 radical (unpaired) electrons. The van der Waals surface area contributed by atoms with E-state index in [1.807, 2.05) is 0 Å². The molecule has 2 rings (SSSR count). The van der Waals surface area contributed by atoms with Gasteiger partial charge in [-0.25, -0.2) is 0 Å². The SMILES string of the molecule is Cc1cc(C)c(Cc2c(C)cc(C)c(C)c2C)c(C)c1. The molecule has 0 heterocycles. The highest BCUT2D eigenvalue weighted by molar-refractivity contribution is 5.48. The molecule has 2 aromatic carbocycles. The maximum atomic E-state index is 2.33. The third-order valence-electron chi connectivity index (χ3n) is 4.71. The first kappa shape index (κ1) is 14.8. The molecule has 0 aromatic heterocycles. The Labute approximate surface area is 123 Å². The Balaban J connectivity index is 2.54. The molecular formula is C20H26. The van der Waals surface area contributed by atoms with Gasteiger partial charge in [-0.2, -0.15) is 0 Å². The average molecular weight is 266 g/mol. The zero-order valence-electron chi connectivity index (χ0n) is 13.9. The maximum Gasteiger partial charge on any atom is -0.00152 e. The minimum Gasteiger partial charge on any atom is -0.0561 e. The van der Waals surface area contributed by atoms with Crippen molar-refractivity contribution >= 4 is 0 Å². The van der Waals surface area contributed by atoms with E-state index < -0.39 is 0 Å². The zero-order valence-corrected chi connectivity index (χ0v) is 13.9. The molecule has 20 heavy (non-hydrogen) atoms. The molecule has 0 N–H and O–H groups in total. The summed E-state index contributed by atoms with van der Waals surface area (Å²) < 4.78 is 0. The van der Waals surface area contributed by atoms with Crippen molar-refractivity contribution in [2.45, 2.75) is 54.9 Å². The lowest BCUT2D eigenvalue weighted by Gasteiger charge is -2.18. The molecule has 0 aliphatic carbocycles. The van der Waals surface area contributed by atoms with Gasteiger partial charge in [0, 0.05) is 0 Å². The molecule has 0 fully saturated rings. The molecule has 0 aliphatic rings. The van der Waals surface area contributed by atoms with Crippen molar-refractivity contribution in [2.24, 2.45) is 0 Å². The average Bonchev–Trinajstić information content (AvgIpc) is 2.34. The second kappa shape index (κ2) is 5.44. The summed E-state index contributed by atoms with van der Waals surface area (Å²) in [7, 11) is 0. The van der Waals surface area contributed by atoms with Crippen molar-refractivity contribution in [1.82, 2.24) is 0 Å². The Bertz CT molecular complexity index is 637. The molecule has 0 saturated heterocycles. The molecule has 0 spiro atoms. The number of hydrogen-bond donors (Lipinski definition) is 0. The Morgan fingerprint density at radius 1 is 0.550 bits per heavy atom. The van der Waals surface area contributed by atoms with Crippen molar-refractivity contribution in [1.29, 1.82) is 0 Å². The normalized spacial score (nSPS) is 10.9. The first-order valence-corrected chi connectivity index (χ1v) is 7.44. The van der Waals surface area contributed by atoms with Crippen molar-refractivity contribution in [3.63, 3.8) is 0 Å². The molecule has 0 heteroatoms. The fourth-order valence-corrected chi connectivity index (χ4v) is 3.28. The molecule has 0 aliphatic heterocycles. The quantitative estimate of drug-likeness (QED) is 0.679. The van der Waals surface area contributed by atoms with E-state index in [0.29, 0.717) is 0 Å². The fourth-order valence-electron chi connectivity index (χ4n) is 3.28. The van der Waals surface area contributed by atoms with Gasteiger partial charge >= 0.3 is 0 Å². The zero-order chi connectivity index (χ0) is 15.0. The number of rotatable bonds is 2. The van der Waals surface area contributed by atoms with E-state index in [1.54, 1.807) is 0 Å². The van der Waals surface area contributed by atoms with Crippen molar-refractivity contribution in [2.75, 3.05) is 0 Å². The van der Waals surface area contributed by atoms with Crippen LogP contribution in [0.3, 0.4) is 0 Å². The summed E-state index contributed by atoms with van der Waals surface area (Å²) in [6, 6.07) is 6.93. The summed E-state index contributed by atoms with van der Waals surface area (Å²) >= 11 is 0. The topological polar surface area (TPSA) is 0 Å². The van der Waals surface area contributed by atoms with E-state index in [2.05, 4.69) is 66.7 Å². The lowest BCUT2D eigenvalue weighted by atomic mass is 9.87. The number of benzene rings is 2. The molecule has 0 nitrogen and oxygen atoms in total. The summed E-state index contributed by atoms with van der Waals surface area (Å²) in [4.78, 5) is 0. The summed E-state index contributed by atoms with van der Waals surface area (Å²) in [6.45, 7) is 15.6. The first-order valence-electron chi connectivity index (χ1n) is 7.44. The fraction of sp³-hybridized carbons (Fsp3) is 0.400. The Morgan fingerprint density at radius 3 is 1.60 bits per heavy atom. The highest BCUT2D eigenvalue weighted by Crippen LogP contribution is 2.27. The molecule has 106 valence electrons. The van der Waals surface area contributed by atoms with Gasteiger partial charge < -0.3 is 0 Å². The summed E-state index contributed by atoms with van der Waals surface area (Å²) in [5.41, 5.74) is 12.9. The second-order valence-corrected chi connectivity index (χ2v) is 6.29. The molecule has 0 atom stereocenters. The largest absolute Gasteiger partial charge is 0.0561 e. The predicted octanol–water partition coefficient (Wildman–Crippen LogP) is 5.44. The van der Waals surface area contributed by atoms with Crippen LogP contribution in [0.2, 0.25) is 0 Å². The van der Waals surface area contributed by atoms with Crippen LogP contribution in [0.5, 0.6) is 0 Å². The summed E-state index contributed by atoms with van der Waals surface area (Å²) in [5, 5.41) is 0. The lowest BCUT2D eigenvalue weighted by Crippen LogP contribution is -2.03. The van der Waals surface area contributed by atoms with E-state index in [1.165, 1.54) is 50.1 Å². The maximum absolute atomic E-state index is 2.33. The third-order valence-corrected chi connectivity index (χ3v) is 4.71. The number of hydrogen-bond acceptors (Lipinski definition) is 0. The highest BCUT2D eigenvalue weighted by atomic mass is 14.2. The van der Waals surface area contributed by atoms with Gasteiger partial charge in [-0.05, 0) is 99.4 Å². The first-order chi connectivity index (χ1) is 9.31. The van der Waals surface area contributed by atoms with Crippen LogP contribution < -0.4 is 0 Å². The third kappa shape index (κ3) is 2.65. The van der Waals surface area contributed by atoms with Crippen LogP contribution in [0.25, 0.3) is 0 Å². The number of aryl methyl sites for hydroxylation is 5. The molecule has 0 bridgehead atoms. The second-order valence-electron chi connectivity index (χ2n) is 6.29. The molecule has 0 amide bonds. The van der Waals surface area contributed by atoms with Gasteiger partial charge in [0.25, 0.3) is 0 Å². The Hall–Kier alpha value is -1.56. The van der Waals surface area contributed by atoms with Crippen LogP contribution in [0, 0.1) is 48.5 Å². The predicted molar refractivity (Wildman–Crippen MR) is 88.8 cm³/mol. The van der Waals surface area contributed by atoms with Gasteiger partial charge in [0.2, 0.25) is 0 Å². The van der Waals surface area contributed by atoms with Crippen molar-refractivity contribution < 1.29 is 0 Å². The van der Waals surface area contributed by atoms with Crippen LogP contribution in [0.1, 0.15) is 50.1 Å². The van der Waals surface area contributed by atoms with Gasteiger partial charge in [0.1, 0.15) is 0 Å². The molecule has 2 aromatic rings. The Morgan fingerprint density at radius 2 is 1.05 bits per heavy atom. The van der Waals surface area contributed by atoms with Crippen LogP contribution >= 0.6 is 0 Å². The Kier molecular flexibility index (Phi) is 4.04. The minimum atomic E-state index is 1.05. The molecule has 0 saturated carbocycles. The molecular weight excluding hydrogens is 240 g/mol. The van der Waals surface area contributed by atoms with Gasteiger partial charge in [-0.15, -0.1) is 0 Å². The van der Waals surface area contributed by atoms with E-state index in [4.69, 9.17) is 0 Å². The van der Waals surface area contributed by atoms with Gasteiger partial charge in [0.15, 0.2) is 0 Å². The minimum absolute atomic E-state index is 1.05. The van der Waals surface area contributed by atoms with E-state index in [0.717, 1.165) is 6.42 Å². The van der Waals surface area contributed by atoms with Gasteiger partial charge in [0.05, 0.1) is 0 Å². The van der Waals surface area contributed by atoms with E-state index in [9.17, 15) is 0 Å². The smallest absolute Gasteiger partial charge is 0.00152 e. The standard InChI is InChI=1S/C20H26/c1-12-8-14(3)19(15(4)9-12)11-20-16(5)10-13(2)17(6)18(20)7/h8-10H,11H2,1-7H3. The van der Waals surface area contributed by atoms with E-state index >= 15 is 0 Å². The molecule has 0 unspecified atom stereocenters. The van der Waals surface area contributed by atoms with Crippen LogP contribution in [0.15, 0.2) is 18.2 Å². The van der Waals surface area contributed by atoms with Crippen molar-refractivity contribution in [3.05, 3.63) is 68.3 Å². The van der Waals surface area contributed by atoms with Crippen LogP contribution in [-0.2, 0) is 6.42 Å². The monoisotopic (exact) mass is 266 g/mol. The van der Waals surface area contributed by atoms with Gasteiger partial charge in [-0.3, -0.25) is 0 Å². The van der Waals surface area contributed by atoms with Crippen LogP contribution in [-0.4, -0.2) is 0 Å². The highest BCUT2D eigenvalue weighted by Gasteiger charge is 2.11. The van der Waals surface area contributed by atoms with Crippen LogP contribution in [0.4, 0.5) is 0 Å². The van der Waals surface area contributed by atoms with Crippen molar-refractivity contribution in [3.8, 4) is 0 Å². The van der Waals surface area contributed by atoms with E-state index in [-0.39, 0.29) is 0 Å². The summed E-state index contributed by atoms with van der Waals surface area (Å²) in [5.74, 6) is 0. The summed E-state index contributed by atoms with van der Waals surface area (Å²) in [6.07, 6.45) is 1.05. The lowest BCUT2D eigenvalue weighted by molar-refractivity contribution is 1.05. The van der Waals surface area contributed by atoms with Gasteiger partial charge in [-0.1, -0.05) is 23.8 Å².